The number of rotatable bonds is 5. The SMILES string of the molecule is c1ccc(-c2nc(-c3ccc(-c4cccc5c4sc4ccccc45)cc3)cc(-c3ccc4sc5c6ccccc6nc(-c6ccccc6)c5c4c3)n2)cc1. The van der Waals surface area contributed by atoms with Crippen LogP contribution in [0.25, 0.3) is 108 Å². The summed E-state index contributed by atoms with van der Waals surface area (Å²) >= 11 is 3.69. The summed E-state index contributed by atoms with van der Waals surface area (Å²) in [5.74, 6) is 0.704. The Morgan fingerprint density at radius 1 is 0.352 bits per heavy atom. The molecule has 0 N–H and O–H groups in total. The summed E-state index contributed by atoms with van der Waals surface area (Å²) in [6.07, 6.45) is 0. The van der Waals surface area contributed by atoms with Crippen molar-refractivity contribution in [2.45, 2.75) is 0 Å². The predicted octanol–water partition coefficient (Wildman–Crippen LogP) is 14.1. The maximum atomic E-state index is 5.24. The van der Waals surface area contributed by atoms with Crippen LogP contribution in [0.3, 0.4) is 0 Å². The van der Waals surface area contributed by atoms with Crippen LogP contribution in [0.5, 0.6) is 0 Å². The summed E-state index contributed by atoms with van der Waals surface area (Å²) in [7, 11) is 0. The molecular formula is C49H29N3S2. The third-order valence-corrected chi connectivity index (χ3v) is 12.7. The zero-order valence-corrected chi connectivity index (χ0v) is 30.5. The van der Waals surface area contributed by atoms with Crippen molar-refractivity contribution in [1.29, 1.82) is 0 Å². The molecule has 0 spiro atoms. The largest absolute Gasteiger partial charge is 0.247 e. The van der Waals surface area contributed by atoms with Crippen molar-refractivity contribution < 1.29 is 0 Å². The van der Waals surface area contributed by atoms with Gasteiger partial charge in [-0.15, -0.1) is 22.7 Å². The minimum absolute atomic E-state index is 0.704. The van der Waals surface area contributed by atoms with E-state index in [0.29, 0.717) is 5.82 Å². The number of nitrogens with zero attached hydrogens (tertiary/aromatic N) is 3. The zero-order chi connectivity index (χ0) is 35.6. The summed E-state index contributed by atoms with van der Waals surface area (Å²) in [5.41, 5.74) is 10.4. The molecule has 252 valence electrons. The van der Waals surface area contributed by atoms with E-state index in [1.807, 2.05) is 40.9 Å². The number of benzene rings is 7. The smallest absolute Gasteiger partial charge is 0.160 e. The van der Waals surface area contributed by atoms with E-state index >= 15 is 0 Å². The van der Waals surface area contributed by atoms with Crippen LogP contribution >= 0.6 is 22.7 Å². The van der Waals surface area contributed by atoms with Crippen LogP contribution < -0.4 is 0 Å². The lowest BCUT2D eigenvalue weighted by Gasteiger charge is -2.11. The molecule has 0 saturated heterocycles. The number of thiophene rings is 2. The van der Waals surface area contributed by atoms with Gasteiger partial charge in [0.05, 0.1) is 22.6 Å². The number of hydrogen-bond acceptors (Lipinski definition) is 5. The van der Waals surface area contributed by atoms with E-state index in [0.717, 1.165) is 44.9 Å². The molecule has 3 nitrogen and oxygen atoms in total. The second-order valence-electron chi connectivity index (χ2n) is 13.5. The van der Waals surface area contributed by atoms with Crippen molar-refractivity contribution in [1.82, 2.24) is 15.0 Å². The average Bonchev–Trinajstić information content (AvgIpc) is 3.83. The van der Waals surface area contributed by atoms with Crippen molar-refractivity contribution in [3.8, 4) is 56.3 Å². The number of para-hydroxylation sites is 1. The molecule has 0 atom stereocenters. The Labute approximate surface area is 319 Å². The van der Waals surface area contributed by atoms with Gasteiger partial charge in [0.15, 0.2) is 5.82 Å². The first-order valence-electron chi connectivity index (χ1n) is 18.0. The van der Waals surface area contributed by atoms with E-state index in [1.165, 1.54) is 56.9 Å². The topological polar surface area (TPSA) is 38.7 Å². The Balaban J connectivity index is 1.07. The molecule has 0 aliphatic rings. The minimum atomic E-state index is 0.704. The number of fused-ring (bicyclic) bond motifs is 8. The van der Waals surface area contributed by atoms with Crippen LogP contribution in [0, 0.1) is 0 Å². The highest BCUT2D eigenvalue weighted by molar-refractivity contribution is 7.27. The fraction of sp³-hybridized carbons (Fsp3) is 0. The third-order valence-electron chi connectivity index (χ3n) is 10.3. The molecule has 0 saturated carbocycles. The maximum Gasteiger partial charge on any atom is 0.160 e. The number of hydrogen-bond donors (Lipinski definition) is 0. The molecule has 4 heterocycles. The van der Waals surface area contributed by atoms with Crippen LogP contribution in [0.15, 0.2) is 176 Å². The lowest BCUT2D eigenvalue weighted by atomic mass is 9.99. The van der Waals surface area contributed by atoms with Gasteiger partial charge in [0.1, 0.15) is 0 Å². The molecule has 0 amide bonds. The van der Waals surface area contributed by atoms with E-state index < -0.39 is 0 Å². The molecule has 0 bridgehead atoms. The summed E-state index contributed by atoms with van der Waals surface area (Å²) in [6.45, 7) is 0. The molecule has 54 heavy (non-hydrogen) atoms. The highest BCUT2D eigenvalue weighted by atomic mass is 32.1. The van der Waals surface area contributed by atoms with E-state index in [2.05, 4.69) is 158 Å². The Morgan fingerprint density at radius 3 is 1.78 bits per heavy atom. The predicted molar refractivity (Wildman–Crippen MR) is 230 cm³/mol. The van der Waals surface area contributed by atoms with E-state index in [1.54, 1.807) is 0 Å². The number of aromatic nitrogens is 3. The lowest BCUT2D eigenvalue weighted by molar-refractivity contribution is 1.18. The Hall–Kier alpha value is -6.53. The Kier molecular flexibility index (Phi) is 7.22. The van der Waals surface area contributed by atoms with Gasteiger partial charge in [-0.3, -0.25) is 0 Å². The third kappa shape index (κ3) is 5.12. The first-order valence-corrected chi connectivity index (χ1v) is 19.6. The molecule has 7 aromatic carbocycles. The molecule has 0 unspecified atom stereocenters. The molecule has 4 aromatic heterocycles. The van der Waals surface area contributed by atoms with Crippen LogP contribution in [0.2, 0.25) is 0 Å². The van der Waals surface area contributed by atoms with Crippen molar-refractivity contribution in [2.24, 2.45) is 0 Å². The first-order chi connectivity index (χ1) is 26.7. The molecule has 0 aliphatic heterocycles. The van der Waals surface area contributed by atoms with E-state index in [9.17, 15) is 0 Å². The van der Waals surface area contributed by atoms with Crippen LogP contribution in [-0.4, -0.2) is 15.0 Å². The fourth-order valence-electron chi connectivity index (χ4n) is 7.68. The van der Waals surface area contributed by atoms with Crippen LogP contribution in [0.1, 0.15) is 0 Å². The fourth-order valence-corrected chi connectivity index (χ4v) is 10.1. The quantitative estimate of drug-likeness (QED) is 0.177. The molecule has 0 radical (unpaired) electrons. The average molecular weight is 724 g/mol. The first kappa shape index (κ1) is 31.0. The van der Waals surface area contributed by atoms with Gasteiger partial charge in [0.25, 0.3) is 0 Å². The second kappa shape index (κ2) is 12.6. The van der Waals surface area contributed by atoms with Crippen molar-refractivity contribution in [3.63, 3.8) is 0 Å². The van der Waals surface area contributed by atoms with Gasteiger partial charge in [-0.25, -0.2) is 15.0 Å². The van der Waals surface area contributed by atoms with Gasteiger partial charge < -0.3 is 0 Å². The lowest BCUT2D eigenvalue weighted by Crippen LogP contribution is -1.96. The van der Waals surface area contributed by atoms with Crippen LogP contribution in [-0.2, 0) is 0 Å². The Bertz CT molecular complexity index is 3200. The molecule has 11 aromatic rings. The van der Waals surface area contributed by atoms with Crippen molar-refractivity contribution in [2.75, 3.05) is 0 Å². The Morgan fingerprint density at radius 2 is 0.963 bits per heavy atom. The van der Waals surface area contributed by atoms with E-state index in [4.69, 9.17) is 15.0 Å². The van der Waals surface area contributed by atoms with Crippen molar-refractivity contribution in [3.05, 3.63) is 176 Å². The van der Waals surface area contributed by atoms with Crippen molar-refractivity contribution >= 4 is 73.9 Å². The highest BCUT2D eigenvalue weighted by Crippen LogP contribution is 2.44. The molecule has 0 fully saturated rings. The summed E-state index contributed by atoms with van der Waals surface area (Å²) in [5, 5.41) is 6.17. The zero-order valence-electron chi connectivity index (χ0n) is 28.9. The second-order valence-corrected chi connectivity index (χ2v) is 15.7. The molecule has 0 aliphatic carbocycles. The minimum Gasteiger partial charge on any atom is -0.247 e. The highest BCUT2D eigenvalue weighted by Gasteiger charge is 2.18. The maximum absolute atomic E-state index is 5.24. The van der Waals surface area contributed by atoms with Gasteiger partial charge in [-0.2, -0.15) is 0 Å². The monoisotopic (exact) mass is 723 g/mol. The summed E-state index contributed by atoms with van der Waals surface area (Å²) in [6, 6.07) is 62.3. The van der Waals surface area contributed by atoms with Gasteiger partial charge in [-0.05, 0) is 41.5 Å². The normalized spacial score (nSPS) is 11.7. The van der Waals surface area contributed by atoms with Crippen LogP contribution in [0.4, 0.5) is 0 Å². The van der Waals surface area contributed by atoms with Gasteiger partial charge in [0, 0.05) is 68.0 Å². The molecular weight excluding hydrogens is 695 g/mol. The summed E-state index contributed by atoms with van der Waals surface area (Å²) in [4.78, 5) is 15.6. The molecule has 5 heteroatoms. The van der Waals surface area contributed by atoms with Gasteiger partial charge in [0.2, 0.25) is 0 Å². The number of pyridine rings is 1. The van der Waals surface area contributed by atoms with Gasteiger partial charge >= 0.3 is 0 Å². The standard InChI is InChI=1S/C49H29N3S2/c1-3-12-32(13-4-1)46-45-39-28-34(26-27-44(39)54-48(45)38-17-7-9-20-40(38)50-46)42-29-41(51-49(52-42)33-14-5-2-6-15-33)31-24-22-30(23-25-31)35-18-11-19-37-36-16-8-10-21-43(36)53-47(35)37/h1-29H. The molecule has 11 rings (SSSR count). The summed E-state index contributed by atoms with van der Waals surface area (Å²) < 4.78 is 5.11. The van der Waals surface area contributed by atoms with Gasteiger partial charge in [-0.1, -0.05) is 146 Å². The van der Waals surface area contributed by atoms with E-state index in [-0.39, 0.29) is 0 Å².